The number of aromatic nitrogens is 4. The lowest BCUT2D eigenvalue weighted by Gasteiger charge is -2.27. The number of nitrogens with one attached hydrogen (secondary N) is 1. The molecule has 0 spiro atoms. The highest BCUT2D eigenvalue weighted by atomic mass is 35.5. The van der Waals surface area contributed by atoms with E-state index in [0.717, 1.165) is 24.2 Å². The molecule has 7 nitrogen and oxygen atoms in total. The number of aliphatic hydroxyl groups is 1. The van der Waals surface area contributed by atoms with Crippen molar-refractivity contribution in [2.24, 2.45) is 18.9 Å². The predicted octanol–water partition coefficient (Wildman–Crippen LogP) is 5.03. The maximum atomic E-state index is 13.5. The van der Waals surface area contributed by atoms with Crippen LogP contribution in [0.4, 0.5) is 10.1 Å². The van der Waals surface area contributed by atoms with Crippen molar-refractivity contribution in [1.82, 2.24) is 19.3 Å². The lowest BCUT2D eigenvalue weighted by atomic mass is 9.90. The van der Waals surface area contributed by atoms with E-state index in [1.165, 1.54) is 18.2 Å². The fourth-order valence-corrected chi connectivity index (χ4v) is 6.16. The Labute approximate surface area is 202 Å². The number of carbonyl (C=O) groups excluding carboxylic acids is 1. The standard InChI is InChI=1S/C25H29ClFN5O2/c1-14(2)32-21(6-7-29-32)25(34)11-16-8-15(9-17(16)12-25)22-23(31(3)13-28-22)24(33)30-18-4-5-20(27)19(26)10-18/h4-7,10,13-17,34H,8-9,11-12H2,1-3H3,(H,30,33). The summed E-state index contributed by atoms with van der Waals surface area (Å²) >= 11 is 5.86. The third-order valence-electron chi connectivity index (χ3n) is 7.42. The summed E-state index contributed by atoms with van der Waals surface area (Å²) in [4.78, 5) is 17.7. The van der Waals surface area contributed by atoms with Gasteiger partial charge in [0, 0.05) is 30.9 Å². The molecule has 180 valence electrons. The van der Waals surface area contributed by atoms with Gasteiger partial charge in [0.25, 0.3) is 5.91 Å². The fourth-order valence-electron chi connectivity index (χ4n) is 5.98. The minimum absolute atomic E-state index is 0.0436. The summed E-state index contributed by atoms with van der Waals surface area (Å²) < 4.78 is 17.1. The lowest BCUT2D eigenvalue weighted by molar-refractivity contribution is 0.0242. The quantitative estimate of drug-likeness (QED) is 0.530. The van der Waals surface area contributed by atoms with Crippen molar-refractivity contribution in [2.75, 3.05) is 5.32 Å². The monoisotopic (exact) mass is 485 g/mol. The van der Waals surface area contributed by atoms with Crippen LogP contribution in [0.25, 0.3) is 0 Å². The molecule has 0 saturated heterocycles. The van der Waals surface area contributed by atoms with Crippen molar-refractivity contribution < 1.29 is 14.3 Å². The van der Waals surface area contributed by atoms with Crippen LogP contribution in [0.3, 0.4) is 0 Å². The van der Waals surface area contributed by atoms with Crippen molar-refractivity contribution in [3.05, 3.63) is 64.7 Å². The molecule has 0 aliphatic heterocycles. The van der Waals surface area contributed by atoms with Gasteiger partial charge < -0.3 is 15.0 Å². The van der Waals surface area contributed by atoms with E-state index in [4.69, 9.17) is 11.6 Å². The molecule has 2 atom stereocenters. The van der Waals surface area contributed by atoms with E-state index in [1.54, 1.807) is 24.1 Å². The SMILES string of the molecule is CC(C)n1nccc1C1(O)CC2CC(c3ncn(C)c3C(=O)Nc3ccc(F)c(Cl)c3)CC2C1. The maximum absolute atomic E-state index is 13.5. The largest absolute Gasteiger partial charge is 0.384 e. The van der Waals surface area contributed by atoms with Crippen LogP contribution in [0.2, 0.25) is 5.02 Å². The molecule has 2 aliphatic rings. The molecule has 0 bridgehead atoms. The summed E-state index contributed by atoms with van der Waals surface area (Å²) in [7, 11) is 1.80. The molecule has 2 heterocycles. The summed E-state index contributed by atoms with van der Waals surface area (Å²) in [6.07, 6.45) is 6.56. The first-order chi connectivity index (χ1) is 16.2. The molecule has 2 saturated carbocycles. The minimum Gasteiger partial charge on any atom is -0.384 e. The highest BCUT2D eigenvalue weighted by Crippen LogP contribution is 2.57. The van der Waals surface area contributed by atoms with E-state index in [1.807, 2.05) is 10.7 Å². The van der Waals surface area contributed by atoms with E-state index in [2.05, 4.69) is 29.2 Å². The average molecular weight is 486 g/mol. The van der Waals surface area contributed by atoms with Crippen molar-refractivity contribution in [1.29, 1.82) is 0 Å². The van der Waals surface area contributed by atoms with Gasteiger partial charge in [-0.1, -0.05) is 11.6 Å². The van der Waals surface area contributed by atoms with Gasteiger partial charge in [-0.2, -0.15) is 5.10 Å². The zero-order valence-electron chi connectivity index (χ0n) is 19.5. The number of aryl methyl sites for hydroxylation is 1. The second-order valence-corrected chi connectivity index (χ2v) is 10.5. The molecular weight excluding hydrogens is 457 g/mol. The number of nitrogens with zero attached hydrogens (tertiary/aromatic N) is 4. The molecule has 5 rings (SSSR count). The molecule has 2 aliphatic carbocycles. The van der Waals surface area contributed by atoms with Gasteiger partial charge in [0.15, 0.2) is 0 Å². The highest BCUT2D eigenvalue weighted by Gasteiger charge is 2.51. The molecule has 34 heavy (non-hydrogen) atoms. The third kappa shape index (κ3) is 3.92. The number of hydrogen-bond acceptors (Lipinski definition) is 4. The van der Waals surface area contributed by atoms with Crippen LogP contribution in [0.15, 0.2) is 36.8 Å². The molecule has 2 N–H and O–H groups in total. The Morgan fingerprint density at radius 1 is 1.26 bits per heavy atom. The first-order valence-corrected chi connectivity index (χ1v) is 12.1. The van der Waals surface area contributed by atoms with Gasteiger partial charge in [-0.05, 0) is 75.6 Å². The van der Waals surface area contributed by atoms with Crippen molar-refractivity contribution in [3.63, 3.8) is 0 Å². The Kier molecular flexibility index (Phi) is 5.76. The predicted molar refractivity (Wildman–Crippen MR) is 127 cm³/mol. The molecule has 2 fully saturated rings. The molecule has 3 aromatic rings. The van der Waals surface area contributed by atoms with Gasteiger partial charge in [-0.25, -0.2) is 9.37 Å². The molecule has 2 aromatic heterocycles. The number of rotatable bonds is 5. The zero-order chi connectivity index (χ0) is 24.2. The summed E-state index contributed by atoms with van der Waals surface area (Å²) in [6, 6.07) is 6.23. The molecule has 9 heteroatoms. The fraction of sp³-hybridized carbons (Fsp3) is 0.480. The average Bonchev–Trinajstić information content (AvgIpc) is 3.52. The molecular formula is C25H29ClFN5O2. The first kappa shape index (κ1) is 23.1. The Bertz CT molecular complexity index is 1220. The molecule has 1 aromatic carbocycles. The molecule has 1 amide bonds. The van der Waals surface area contributed by atoms with Crippen LogP contribution in [-0.4, -0.2) is 30.3 Å². The topological polar surface area (TPSA) is 85.0 Å². The second kappa shape index (κ2) is 8.50. The first-order valence-electron chi connectivity index (χ1n) is 11.7. The van der Waals surface area contributed by atoms with E-state index >= 15 is 0 Å². The summed E-state index contributed by atoms with van der Waals surface area (Å²) in [5.74, 6) is 0.0360. The maximum Gasteiger partial charge on any atom is 0.274 e. The lowest BCUT2D eigenvalue weighted by Crippen LogP contribution is -2.28. The normalized spacial score (nSPS) is 26.3. The van der Waals surface area contributed by atoms with Crippen molar-refractivity contribution >= 4 is 23.2 Å². The van der Waals surface area contributed by atoms with E-state index in [-0.39, 0.29) is 22.9 Å². The summed E-state index contributed by atoms with van der Waals surface area (Å²) in [5, 5.41) is 18.7. The molecule has 2 unspecified atom stereocenters. The number of anilines is 1. The van der Waals surface area contributed by atoms with Crippen molar-refractivity contribution in [3.8, 4) is 0 Å². The van der Waals surface area contributed by atoms with Crippen LogP contribution in [0, 0.1) is 17.7 Å². The van der Waals surface area contributed by atoms with Gasteiger partial charge in [-0.3, -0.25) is 9.48 Å². The number of fused-ring (bicyclic) bond motifs is 1. The number of carbonyl (C=O) groups is 1. The van der Waals surface area contributed by atoms with Crippen molar-refractivity contribution in [2.45, 2.75) is 57.1 Å². The highest BCUT2D eigenvalue weighted by molar-refractivity contribution is 6.31. The molecule has 0 radical (unpaired) electrons. The van der Waals surface area contributed by atoms with E-state index in [0.29, 0.717) is 36.1 Å². The van der Waals surface area contributed by atoms with Crippen LogP contribution >= 0.6 is 11.6 Å². The smallest absolute Gasteiger partial charge is 0.274 e. The second-order valence-electron chi connectivity index (χ2n) is 10.1. The number of hydrogen-bond donors (Lipinski definition) is 2. The van der Waals surface area contributed by atoms with Gasteiger partial charge in [-0.15, -0.1) is 0 Å². The Balaban J connectivity index is 1.32. The van der Waals surface area contributed by atoms with Gasteiger partial charge in [0.1, 0.15) is 17.1 Å². The number of amides is 1. The zero-order valence-corrected chi connectivity index (χ0v) is 20.3. The third-order valence-corrected chi connectivity index (χ3v) is 7.71. The van der Waals surface area contributed by atoms with Crippen LogP contribution in [0.1, 0.15) is 73.4 Å². The van der Waals surface area contributed by atoms with Gasteiger partial charge in [0.05, 0.1) is 22.7 Å². The minimum atomic E-state index is -0.868. The van der Waals surface area contributed by atoms with Gasteiger partial charge in [0.2, 0.25) is 0 Å². The Morgan fingerprint density at radius 3 is 2.62 bits per heavy atom. The van der Waals surface area contributed by atoms with Gasteiger partial charge >= 0.3 is 0 Å². The number of imidazole rings is 1. The Morgan fingerprint density at radius 2 is 1.97 bits per heavy atom. The van der Waals surface area contributed by atoms with E-state index in [9.17, 15) is 14.3 Å². The summed E-state index contributed by atoms with van der Waals surface area (Å²) in [6.45, 7) is 4.14. The number of benzene rings is 1. The Hall–Kier alpha value is -2.71. The van der Waals surface area contributed by atoms with Crippen LogP contribution < -0.4 is 5.32 Å². The summed E-state index contributed by atoms with van der Waals surface area (Å²) in [5.41, 5.74) is 1.73. The van der Waals surface area contributed by atoms with Crippen LogP contribution in [0.5, 0.6) is 0 Å². The number of halogens is 2. The van der Waals surface area contributed by atoms with Crippen LogP contribution in [-0.2, 0) is 12.6 Å². The van der Waals surface area contributed by atoms with E-state index < -0.39 is 11.4 Å².